The summed E-state index contributed by atoms with van der Waals surface area (Å²) in [5.74, 6) is 1.78. The van der Waals surface area contributed by atoms with Crippen molar-refractivity contribution in [3.63, 3.8) is 0 Å². The van der Waals surface area contributed by atoms with Gasteiger partial charge in [-0.2, -0.15) is 0 Å². The molecule has 0 radical (unpaired) electrons. The van der Waals surface area contributed by atoms with Crippen molar-refractivity contribution >= 4 is 5.91 Å². The molecule has 1 saturated heterocycles. The van der Waals surface area contributed by atoms with Gasteiger partial charge in [0.15, 0.2) is 0 Å². The van der Waals surface area contributed by atoms with E-state index in [9.17, 15) is 4.79 Å². The zero-order valence-electron chi connectivity index (χ0n) is 11.4. The molecule has 1 aliphatic heterocycles. The highest BCUT2D eigenvalue weighted by atomic mass is 16.1. The molecule has 0 aromatic heterocycles. The van der Waals surface area contributed by atoms with Crippen LogP contribution in [-0.2, 0) is 4.79 Å². The highest BCUT2D eigenvalue weighted by Gasteiger charge is 2.36. The lowest BCUT2D eigenvalue weighted by molar-refractivity contribution is -0.120. The summed E-state index contributed by atoms with van der Waals surface area (Å²) < 4.78 is 0. The molecule has 0 aromatic rings. The van der Waals surface area contributed by atoms with E-state index in [2.05, 4.69) is 24.1 Å². The summed E-state index contributed by atoms with van der Waals surface area (Å²) in [5, 5.41) is 3.11. The fraction of sp³-hybridized carbons (Fsp3) is 0.929. The van der Waals surface area contributed by atoms with E-state index in [1.165, 1.54) is 25.8 Å². The van der Waals surface area contributed by atoms with Gasteiger partial charge in [-0.05, 0) is 31.1 Å². The highest BCUT2D eigenvalue weighted by Crippen LogP contribution is 2.34. The van der Waals surface area contributed by atoms with Crippen molar-refractivity contribution in [3.8, 4) is 0 Å². The van der Waals surface area contributed by atoms with Crippen molar-refractivity contribution in [1.82, 2.24) is 10.2 Å². The molecule has 1 N–H and O–H groups in total. The molecule has 1 aliphatic carbocycles. The van der Waals surface area contributed by atoms with Gasteiger partial charge in [0.05, 0.1) is 0 Å². The molecule has 0 bridgehead atoms. The molecule has 17 heavy (non-hydrogen) atoms. The van der Waals surface area contributed by atoms with Crippen LogP contribution in [0, 0.1) is 11.8 Å². The van der Waals surface area contributed by atoms with Gasteiger partial charge in [-0.3, -0.25) is 9.69 Å². The normalized spacial score (nSPS) is 38.5. The monoisotopic (exact) mass is 238 g/mol. The topological polar surface area (TPSA) is 32.3 Å². The number of carbonyl (C=O) groups is 1. The second-order valence-electron chi connectivity index (χ2n) is 6.09. The van der Waals surface area contributed by atoms with Crippen LogP contribution >= 0.6 is 0 Å². The number of amides is 1. The van der Waals surface area contributed by atoms with E-state index in [0.717, 1.165) is 30.8 Å². The predicted molar refractivity (Wildman–Crippen MR) is 69.8 cm³/mol. The molecule has 3 nitrogen and oxygen atoms in total. The number of hydrogen-bond acceptors (Lipinski definition) is 2. The van der Waals surface area contributed by atoms with Gasteiger partial charge in [-0.1, -0.05) is 20.3 Å². The molecule has 2 aliphatic rings. The van der Waals surface area contributed by atoms with E-state index in [1.807, 2.05) is 0 Å². The van der Waals surface area contributed by atoms with Crippen molar-refractivity contribution in [2.24, 2.45) is 11.8 Å². The van der Waals surface area contributed by atoms with E-state index in [1.54, 1.807) is 6.92 Å². The zero-order chi connectivity index (χ0) is 12.4. The molecular formula is C14H26N2O. The van der Waals surface area contributed by atoms with E-state index in [0.29, 0.717) is 6.04 Å². The number of nitrogens with zero attached hydrogens (tertiary/aromatic N) is 1. The smallest absolute Gasteiger partial charge is 0.217 e. The van der Waals surface area contributed by atoms with E-state index >= 15 is 0 Å². The summed E-state index contributed by atoms with van der Waals surface area (Å²) >= 11 is 0. The third kappa shape index (κ3) is 3.21. The average Bonchev–Trinajstić information content (AvgIpc) is 2.23. The van der Waals surface area contributed by atoms with Crippen LogP contribution in [0.4, 0.5) is 0 Å². The fourth-order valence-corrected chi connectivity index (χ4v) is 3.38. The lowest BCUT2D eigenvalue weighted by Gasteiger charge is -2.47. The number of piperidine rings is 1. The molecule has 0 aromatic carbocycles. The average molecular weight is 238 g/mol. The standard InChI is InChI=1S/C14H26N2O/c1-4-12-7-13(15-11(3)17)9-16(8-12)14-5-10(2)6-14/h10,12-14H,4-9H2,1-3H3,(H,15,17). The van der Waals surface area contributed by atoms with Crippen molar-refractivity contribution in [1.29, 1.82) is 0 Å². The van der Waals surface area contributed by atoms with Crippen LogP contribution in [-0.4, -0.2) is 36.0 Å². The Bertz CT molecular complexity index is 273. The predicted octanol–water partition coefficient (Wildman–Crippen LogP) is 2.02. The summed E-state index contributed by atoms with van der Waals surface area (Å²) in [6.07, 6.45) is 5.09. The van der Waals surface area contributed by atoms with Crippen LogP contribution in [0.5, 0.6) is 0 Å². The Morgan fingerprint density at radius 2 is 2.00 bits per heavy atom. The molecule has 2 atom stereocenters. The van der Waals surface area contributed by atoms with Gasteiger partial charge in [0.1, 0.15) is 0 Å². The molecule has 2 fully saturated rings. The first-order valence-electron chi connectivity index (χ1n) is 7.09. The zero-order valence-corrected chi connectivity index (χ0v) is 11.4. The van der Waals surface area contributed by atoms with Gasteiger partial charge in [0.25, 0.3) is 0 Å². The SMILES string of the molecule is CCC1CC(NC(C)=O)CN(C2CC(C)C2)C1. The number of hydrogen-bond donors (Lipinski definition) is 1. The van der Waals surface area contributed by atoms with Crippen molar-refractivity contribution in [3.05, 3.63) is 0 Å². The van der Waals surface area contributed by atoms with Gasteiger partial charge < -0.3 is 5.32 Å². The van der Waals surface area contributed by atoms with Crippen molar-refractivity contribution in [2.45, 2.75) is 58.5 Å². The Kier molecular flexibility index (Phi) is 4.08. The highest BCUT2D eigenvalue weighted by molar-refractivity contribution is 5.73. The van der Waals surface area contributed by atoms with Gasteiger partial charge in [-0.25, -0.2) is 0 Å². The first-order chi connectivity index (χ1) is 8.08. The van der Waals surface area contributed by atoms with Crippen LogP contribution in [0.25, 0.3) is 0 Å². The molecule has 1 heterocycles. The maximum Gasteiger partial charge on any atom is 0.217 e. The van der Waals surface area contributed by atoms with Crippen LogP contribution in [0.2, 0.25) is 0 Å². The van der Waals surface area contributed by atoms with Crippen LogP contribution < -0.4 is 5.32 Å². The third-order valence-corrected chi connectivity index (χ3v) is 4.42. The van der Waals surface area contributed by atoms with Gasteiger partial charge in [0, 0.05) is 32.1 Å². The Balaban J connectivity index is 1.90. The Labute approximate surface area is 105 Å². The molecular weight excluding hydrogens is 212 g/mol. The van der Waals surface area contributed by atoms with Crippen LogP contribution in [0.3, 0.4) is 0 Å². The molecule has 1 saturated carbocycles. The minimum atomic E-state index is 0.119. The number of likely N-dealkylation sites (tertiary alicyclic amines) is 1. The van der Waals surface area contributed by atoms with Gasteiger partial charge >= 0.3 is 0 Å². The van der Waals surface area contributed by atoms with Crippen LogP contribution in [0.15, 0.2) is 0 Å². The van der Waals surface area contributed by atoms with E-state index in [4.69, 9.17) is 0 Å². The summed E-state index contributed by atoms with van der Waals surface area (Å²) in [5.41, 5.74) is 0. The Morgan fingerprint density at radius 3 is 2.53 bits per heavy atom. The number of nitrogens with one attached hydrogen (secondary N) is 1. The summed E-state index contributed by atoms with van der Waals surface area (Å²) in [6, 6.07) is 1.16. The first kappa shape index (κ1) is 12.9. The second-order valence-corrected chi connectivity index (χ2v) is 6.09. The van der Waals surface area contributed by atoms with E-state index < -0.39 is 0 Å². The maximum absolute atomic E-state index is 11.2. The molecule has 0 spiro atoms. The summed E-state index contributed by atoms with van der Waals surface area (Å²) in [7, 11) is 0. The molecule has 2 unspecified atom stereocenters. The van der Waals surface area contributed by atoms with Gasteiger partial charge in [-0.15, -0.1) is 0 Å². The molecule has 2 rings (SSSR count). The third-order valence-electron chi connectivity index (χ3n) is 4.42. The first-order valence-corrected chi connectivity index (χ1v) is 7.09. The van der Waals surface area contributed by atoms with Crippen molar-refractivity contribution < 1.29 is 4.79 Å². The molecule has 1 amide bonds. The number of rotatable bonds is 3. The maximum atomic E-state index is 11.2. The quantitative estimate of drug-likeness (QED) is 0.816. The minimum Gasteiger partial charge on any atom is -0.352 e. The lowest BCUT2D eigenvalue weighted by atomic mass is 9.79. The lowest BCUT2D eigenvalue weighted by Crippen LogP contribution is -2.56. The largest absolute Gasteiger partial charge is 0.352 e. The fourth-order valence-electron chi connectivity index (χ4n) is 3.38. The second kappa shape index (κ2) is 5.38. The Morgan fingerprint density at radius 1 is 1.29 bits per heavy atom. The van der Waals surface area contributed by atoms with Gasteiger partial charge in [0.2, 0.25) is 5.91 Å². The van der Waals surface area contributed by atoms with Crippen molar-refractivity contribution in [2.75, 3.05) is 13.1 Å². The molecule has 3 heteroatoms. The minimum absolute atomic E-state index is 0.119. The molecule has 98 valence electrons. The Hall–Kier alpha value is -0.570. The van der Waals surface area contributed by atoms with E-state index in [-0.39, 0.29) is 5.91 Å². The number of carbonyl (C=O) groups excluding carboxylic acids is 1. The van der Waals surface area contributed by atoms with Crippen LogP contribution in [0.1, 0.15) is 46.5 Å². The summed E-state index contributed by atoms with van der Waals surface area (Å²) in [4.78, 5) is 13.8. The summed E-state index contributed by atoms with van der Waals surface area (Å²) in [6.45, 7) is 8.54.